The summed E-state index contributed by atoms with van der Waals surface area (Å²) in [6.45, 7) is 7.52. The van der Waals surface area contributed by atoms with E-state index in [1.54, 1.807) is 20.8 Å². The number of carbonyl (C=O) groups is 1. The molecule has 1 rings (SSSR count). The zero-order chi connectivity index (χ0) is 13.5. The molecule has 1 aliphatic carbocycles. The highest BCUT2D eigenvalue weighted by Gasteiger charge is 2.16. The van der Waals surface area contributed by atoms with Gasteiger partial charge in [-0.05, 0) is 52.4 Å². The van der Waals surface area contributed by atoms with Crippen molar-refractivity contribution in [1.82, 2.24) is 0 Å². The molecule has 0 saturated heterocycles. The minimum atomic E-state index is -0.725. The lowest BCUT2D eigenvalue weighted by molar-refractivity contribution is 0.0600. The fraction of sp³-hybridized carbons (Fsp3) is 0.923. The fourth-order valence-electron chi connectivity index (χ4n) is 1.85. The summed E-state index contributed by atoms with van der Waals surface area (Å²) in [5.41, 5.74) is 4.26. The molecule has 0 unspecified atom stereocenters. The topological polar surface area (TPSA) is 72.5 Å². The Hall–Kier alpha value is -0.770. The van der Waals surface area contributed by atoms with Crippen molar-refractivity contribution >= 4 is 6.09 Å². The smallest absolute Gasteiger partial charge is 0.405 e. The van der Waals surface area contributed by atoms with Crippen LogP contribution in [0.15, 0.2) is 0 Å². The molecule has 0 aromatic heterocycles. The van der Waals surface area contributed by atoms with E-state index < -0.39 is 11.7 Å². The Bertz CT molecular complexity index is 215. The number of aliphatic hydroxyl groups excluding tert-OH is 1. The van der Waals surface area contributed by atoms with E-state index in [-0.39, 0.29) is 6.10 Å². The lowest BCUT2D eigenvalue weighted by Gasteiger charge is -2.23. The third kappa shape index (κ3) is 10.1. The molecular formula is C13H27NO3. The molecule has 1 saturated carbocycles. The van der Waals surface area contributed by atoms with Crippen LogP contribution >= 0.6 is 0 Å². The molecule has 3 N–H and O–H groups in total. The molecule has 17 heavy (non-hydrogen) atoms. The summed E-state index contributed by atoms with van der Waals surface area (Å²) >= 11 is 0. The van der Waals surface area contributed by atoms with Gasteiger partial charge in [-0.2, -0.15) is 0 Å². The van der Waals surface area contributed by atoms with Crippen LogP contribution in [0.5, 0.6) is 0 Å². The average molecular weight is 245 g/mol. The molecule has 102 valence electrons. The second-order valence-electron chi connectivity index (χ2n) is 5.62. The van der Waals surface area contributed by atoms with Gasteiger partial charge in [-0.1, -0.05) is 13.3 Å². The molecule has 0 radical (unpaired) electrons. The molecular weight excluding hydrogens is 218 g/mol. The van der Waals surface area contributed by atoms with Gasteiger partial charge >= 0.3 is 6.09 Å². The number of nitrogens with two attached hydrogens (primary N) is 1. The molecule has 0 bridgehead atoms. The van der Waals surface area contributed by atoms with Crippen molar-refractivity contribution in [1.29, 1.82) is 0 Å². The number of carbonyl (C=O) groups excluding carboxylic acids is 1. The van der Waals surface area contributed by atoms with E-state index in [0.29, 0.717) is 0 Å². The monoisotopic (exact) mass is 245 g/mol. The summed E-state index contributed by atoms with van der Waals surface area (Å²) in [5, 5.41) is 9.12. The number of amides is 1. The number of hydrogen-bond acceptors (Lipinski definition) is 3. The number of primary amides is 1. The van der Waals surface area contributed by atoms with Gasteiger partial charge in [0.2, 0.25) is 0 Å². The Morgan fingerprint density at radius 3 is 2.00 bits per heavy atom. The zero-order valence-corrected chi connectivity index (χ0v) is 11.5. The van der Waals surface area contributed by atoms with Gasteiger partial charge in [0, 0.05) is 0 Å². The molecule has 1 fully saturated rings. The second-order valence-corrected chi connectivity index (χ2v) is 5.62. The van der Waals surface area contributed by atoms with Gasteiger partial charge in [-0.15, -0.1) is 0 Å². The van der Waals surface area contributed by atoms with Crippen molar-refractivity contribution in [2.75, 3.05) is 0 Å². The lowest BCUT2D eigenvalue weighted by atomic mass is 9.86. The van der Waals surface area contributed by atoms with Crippen LogP contribution in [0.25, 0.3) is 0 Å². The first kappa shape index (κ1) is 16.2. The third-order valence-electron chi connectivity index (χ3n) is 2.80. The minimum absolute atomic E-state index is 0.0211. The van der Waals surface area contributed by atoms with E-state index in [0.717, 1.165) is 18.8 Å². The number of rotatable bonds is 1. The van der Waals surface area contributed by atoms with Gasteiger partial charge in [-0.25, -0.2) is 4.79 Å². The average Bonchev–Trinajstić information content (AvgIpc) is 2.16. The highest BCUT2D eigenvalue weighted by atomic mass is 16.6. The van der Waals surface area contributed by atoms with Crippen LogP contribution in [0.2, 0.25) is 0 Å². The zero-order valence-electron chi connectivity index (χ0n) is 11.5. The summed E-state index contributed by atoms with van der Waals surface area (Å²) < 4.78 is 4.58. The van der Waals surface area contributed by atoms with Crippen molar-refractivity contribution in [3.63, 3.8) is 0 Å². The van der Waals surface area contributed by atoms with E-state index in [9.17, 15) is 4.79 Å². The van der Waals surface area contributed by atoms with Crippen molar-refractivity contribution in [2.24, 2.45) is 11.7 Å². The molecule has 1 amide bonds. The predicted molar refractivity (Wildman–Crippen MR) is 68.7 cm³/mol. The van der Waals surface area contributed by atoms with E-state index in [2.05, 4.69) is 11.7 Å². The summed E-state index contributed by atoms with van der Waals surface area (Å²) in [5.74, 6) is 0.911. The quantitative estimate of drug-likeness (QED) is 0.746. The molecule has 0 heterocycles. The van der Waals surface area contributed by atoms with Crippen LogP contribution in [0.4, 0.5) is 4.79 Å². The van der Waals surface area contributed by atoms with E-state index in [1.807, 2.05) is 0 Å². The predicted octanol–water partition coefficient (Wildman–Crippen LogP) is 2.83. The van der Waals surface area contributed by atoms with E-state index in [4.69, 9.17) is 10.8 Å². The first-order valence-corrected chi connectivity index (χ1v) is 6.41. The molecule has 0 aromatic rings. The number of aliphatic hydroxyl groups is 1. The van der Waals surface area contributed by atoms with Gasteiger partial charge in [0.15, 0.2) is 0 Å². The van der Waals surface area contributed by atoms with Crippen LogP contribution in [-0.4, -0.2) is 22.9 Å². The van der Waals surface area contributed by atoms with Gasteiger partial charge in [-0.3, -0.25) is 0 Å². The normalized spacial score (nSPS) is 24.5. The van der Waals surface area contributed by atoms with Crippen molar-refractivity contribution in [3.05, 3.63) is 0 Å². The summed E-state index contributed by atoms with van der Waals surface area (Å²) in [7, 11) is 0. The van der Waals surface area contributed by atoms with Crippen LogP contribution in [0, 0.1) is 5.92 Å². The molecule has 4 nitrogen and oxygen atoms in total. The maximum absolute atomic E-state index is 10.0. The number of hydrogen-bond donors (Lipinski definition) is 2. The molecule has 4 heteroatoms. The maximum atomic E-state index is 10.0. The van der Waals surface area contributed by atoms with E-state index in [1.165, 1.54) is 19.3 Å². The lowest BCUT2D eigenvalue weighted by Crippen LogP contribution is -2.27. The standard InChI is InChI=1S/C8H16O.C5H11NO2/c1-2-7-3-5-8(9)6-4-7;1-5(2,3)8-4(6)7/h7-9H,2-6H2,1H3;1-3H3,(H2,6,7). The first-order chi connectivity index (χ1) is 7.74. The highest BCUT2D eigenvalue weighted by Crippen LogP contribution is 2.25. The molecule has 0 aliphatic heterocycles. The van der Waals surface area contributed by atoms with Crippen LogP contribution < -0.4 is 5.73 Å². The molecule has 0 aromatic carbocycles. The molecule has 0 spiro atoms. The molecule has 0 atom stereocenters. The second kappa shape index (κ2) is 7.54. The van der Waals surface area contributed by atoms with E-state index >= 15 is 0 Å². The Morgan fingerprint density at radius 2 is 1.76 bits per heavy atom. The summed E-state index contributed by atoms with van der Waals surface area (Å²) in [6, 6.07) is 0. The van der Waals surface area contributed by atoms with Crippen LogP contribution in [-0.2, 0) is 4.74 Å². The third-order valence-corrected chi connectivity index (χ3v) is 2.80. The highest BCUT2D eigenvalue weighted by molar-refractivity contribution is 5.65. The fourth-order valence-corrected chi connectivity index (χ4v) is 1.85. The SMILES string of the molecule is CC(C)(C)OC(N)=O.CCC1CCC(O)CC1. The Labute approximate surface area is 105 Å². The Morgan fingerprint density at radius 1 is 1.29 bits per heavy atom. The maximum Gasteiger partial charge on any atom is 0.405 e. The van der Waals surface area contributed by atoms with Gasteiger partial charge in [0.05, 0.1) is 6.10 Å². The largest absolute Gasteiger partial charge is 0.444 e. The van der Waals surface area contributed by atoms with Crippen molar-refractivity contribution in [2.45, 2.75) is 71.5 Å². The Balaban J connectivity index is 0.000000304. The number of ether oxygens (including phenoxy) is 1. The molecule has 1 aliphatic rings. The van der Waals surface area contributed by atoms with Gasteiger partial charge in [0.1, 0.15) is 5.60 Å². The van der Waals surface area contributed by atoms with Crippen molar-refractivity contribution < 1.29 is 14.6 Å². The minimum Gasteiger partial charge on any atom is -0.444 e. The van der Waals surface area contributed by atoms with Crippen LogP contribution in [0.3, 0.4) is 0 Å². The summed E-state index contributed by atoms with van der Waals surface area (Å²) in [6.07, 6.45) is 5.17. The van der Waals surface area contributed by atoms with Gasteiger partial charge in [0.25, 0.3) is 0 Å². The van der Waals surface area contributed by atoms with Gasteiger partial charge < -0.3 is 15.6 Å². The Kier molecular flexibility index (Phi) is 7.19. The first-order valence-electron chi connectivity index (χ1n) is 6.41. The summed E-state index contributed by atoms with van der Waals surface area (Å²) in [4.78, 5) is 10.0. The van der Waals surface area contributed by atoms with Crippen LogP contribution in [0.1, 0.15) is 59.8 Å². The van der Waals surface area contributed by atoms with Crippen molar-refractivity contribution in [3.8, 4) is 0 Å².